The van der Waals surface area contributed by atoms with Crippen LogP contribution in [0, 0.1) is 11.3 Å². The molecular weight excluding hydrogens is 208 g/mol. The molecule has 0 saturated carbocycles. The highest BCUT2D eigenvalue weighted by atomic mass is 14.7. The molecule has 2 heteroatoms. The first-order valence-electron chi connectivity index (χ1n) is 5.79. The van der Waals surface area contributed by atoms with Gasteiger partial charge in [-0.2, -0.15) is 5.26 Å². The standard InChI is InChI=1S/C15H14N2/c1-2-4-13-5-3-10-17-15(13)14-8-6-12(11-16)7-9-14/h3,5-10H,2,4H2,1H3. The van der Waals surface area contributed by atoms with Crippen LogP contribution >= 0.6 is 0 Å². The SMILES string of the molecule is CCCc1cccnc1-c1ccc(C#N)cc1. The molecule has 0 unspecified atom stereocenters. The lowest BCUT2D eigenvalue weighted by atomic mass is 10.0. The quantitative estimate of drug-likeness (QED) is 0.796. The Morgan fingerprint density at radius 2 is 1.94 bits per heavy atom. The van der Waals surface area contributed by atoms with Crippen LogP contribution in [0.4, 0.5) is 0 Å². The Hall–Kier alpha value is -2.14. The molecule has 0 atom stereocenters. The van der Waals surface area contributed by atoms with Gasteiger partial charge in [-0.25, -0.2) is 0 Å². The topological polar surface area (TPSA) is 36.7 Å². The van der Waals surface area contributed by atoms with E-state index < -0.39 is 0 Å². The zero-order valence-electron chi connectivity index (χ0n) is 9.85. The highest BCUT2D eigenvalue weighted by Gasteiger charge is 2.05. The number of nitrogens with zero attached hydrogens (tertiary/aromatic N) is 2. The predicted molar refractivity (Wildman–Crippen MR) is 68.4 cm³/mol. The van der Waals surface area contributed by atoms with Gasteiger partial charge in [-0.3, -0.25) is 4.98 Å². The van der Waals surface area contributed by atoms with Crippen molar-refractivity contribution in [1.29, 1.82) is 5.26 Å². The fourth-order valence-electron chi connectivity index (χ4n) is 1.87. The fourth-order valence-corrected chi connectivity index (χ4v) is 1.87. The lowest BCUT2D eigenvalue weighted by Crippen LogP contribution is -1.92. The van der Waals surface area contributed by atoms with E-state index in [1.807, 2.05) is 36.5 Å². The molecule has 17 heavy (non-hydrogen) atoms. The van der Waals surface area contributed by atoms with E-state index in [-0.39, 0.29) is 0 Å². The molecule has 1 aromatic heterocycles. The third-order valence-electron chi connectivity index (χ3n) is 2.70. The predicted octanol–water partition coefficient (Wildman–Crippen LogP) is 3.57. The number of aromatic nitrogens is 1. The molecule has 2 rings (SSSR count). The Kier molecular flexibility index (Phi) is 3.52. The highest BCUT2D eigenvalue weighted by molar-refractivity contribution is 5.63. The molecule has 0 fully saturated rings. The van der Waals surface area contributed by atoms with Crippen LogP contribution < -0.4 is 0 Å². The van der Waals surface area contributed by atoms with Crippen molar-refractivity contribution < 1.29 is 0 Å². The van der Waals surface area contributed by atoms with Crippen LogP contribution in [0.5, 0.6) is 0 Å². The van der Waals surface area contributed by atoms with Gasteiger partial charge in [-0.05, 0) is 30.2 Å². The molecule has 0 radical (unpaired) electrons. The molecule has 0 bridgehead atoms. The van der Waals surface area contributed by atoms with Crippen LogP contribution in [-0.4, -0.2) is 4.98 Å². The first kappa shape index (κ1) is 11.3. The molecule has 84 valence electrons. The Bertz CT molecular complexity index is 536. The molecule has 2 nitrogen and oxygen atoms in total. The number of benzene rings is 1. The largest absolute Gasteiger partial charge is 0.256 e. The molecule has 0 spiro atoms. The molecule has 0 N–H and O–H groups in total. The summed E-state index contributed by atoms with van der Waals surface area (Å²) in [5.41, 5.74) is 4.05. The van der Waals surface area contributed by atoms with E-state index in [2.05, 4.69) is 24.0 Å². The Balaban J connectivity index is 2.41. The molecule has 0 aliphatic rings. The summed E-state index contributed by atoms with van der Waals surface area (Å²) >= 11 is 0. The number of aryl methyl sites for hydroxylation is 1. The Labute approximate surface area is 102 Å². The lowest BCUT2D eigenvalue weighted by molar-refractivity contribution is 0.916. The van der Waals surface area contributed by atoms with E-state index in [1.165, 1.54) is 5.56 Å². The first-order valence-corrected chi connectivity index (χ1v) is 5.79. The number of nitriles is 1. The molecule has 0 amide bonds. The zero-order chi connectivity index (χ0) is 12.1. The first-order chi connectivity index (χ1) is 8.35. The van der Waals surface area contributed by atoms with Crippen molar-refractivity contribution in [3.63, 3.8) is 0 Å². The highest BCUT2D eigenvalue weighted by Crippen LogP contribution is 2.22. The molecule has 1 aromatic carbocycles. The van der Waals surface area contributed by atoms with Crippen molar-refractivity contribution in [3.8, 4) is 17.3 Å². The summed E-state index contributed by atoms with van der Waals surface area (Å²) in [6.07, 6.45) is 3.95. The second kappa shape index (κ2) is 5.27. The minimum atomic E-state index is 0.682. The van der Waals surface area contributed by atoms with E-state index in [1.54, 1.807) is 0 Å². The van der Waals surface area contributed by atoms with Gasteiger partial charge in [0.2, 0.25) is 0 Å². The van der Waals surface area contributed by atoms with Crippen molar-refractivity contribution >= 4 is 0 Å². The summed E-state index contributed by atoms with van der Waals surface area (Å²) in [7, 11) is 0. The van der Waals surface area contributed by atoms with Crippen molar-refractivity contribution in [1.82, 2.24) is 4.98 Å². The van der Waals surface area contributed by atoms with Crippen molar-refractivity contribution in [2.75, 3.05) is 0 Å². The van der Waals surface area contributed by atoms with Gasteiger partial charge in [0.05, 0.1) is 17.3 Å². The Morgan fingerprint density at radius 3 is 2.59 bits per heavy atom. The third kappa shape index (κ3) is 2.51. The monoisotopic (exact) mass is 222 g/mol. The van der Waals surface area contributed by atoms with Crippen LogP contribution in [0.15, 0.2) is 42.6 Å². The maximum absolute atomic E-state index is 8.77. The normalized spacial score (nSPS) is 9.88. The molecule has 0 aliphatic heterocycles. The van der Waals surface area contributed by atoms with Gasteiger partial charge in [-0.1, -0.05) is 31.5 Å². The molecule has 0 aliphatic carbocycles. The van der Waals surface area contributed by atoms with Crippen LogP contribution in [0.25, 0.3) is 11.3 Å². The third-order valence-corrected chi connectivity index (χ3v) is 2.70. The average molecular weight is 222 g/mol. The summed E-state index contributed by atoms with van der Waals surface area (Å²) in [4.78, 5) is 4.44. The van der Waals surface area contributed by atoms with Gasteiger partial charge in [0.15, 0.2) is 0 Å². The lowest BCUT2D eigenvalue weighted by Gasteiger charge is -2.07. The van der Waals surface area contributed by atoms with Crippen molar-refractivity contribution in [3.05, 3.63) is 53.7 Å². The van der Waals surface area contributed by atoms with Crippen LogP contribution in [-0.2, 0) is 6.42 Å². The van der Waals surface area contributed by atoms with Gasteiger partial charge < -0.3 is 0 Å². The molecule has 1 heterocycles. The van der Waals surface area contributed by atoms with E-state index >= 15 is 0 Å². The van der Waals surface area contributed by atoms with E-state index in [4.69, 9.17) is 5.26 Å². The van der Waals surface area contributed by atoms with Gasteiger partial charge in [-0.15, -0.1) is 0 Å². The average Bonchev–Trinajstić information content (AvgIpc) is 2.40. The van der Waals surface area contributed by atoms with Crippen LogP contribution in [0.2, 0.25) is 0 Å². The summed E-state index contributed by atoms with van der Waals surface area (Å²) in [6.45, 7) is 2.16. The summed E-state index contributed by atoms with van der Waals surface area (Å²) in [6, 6.07) is 13.8. The summed E-state index contributed by atoms with van der Waals surface area (Å²) in [5.74, 6) is 0. The maximum atomic E-state index is 8.77. The molecule has 2 aromatic rings. The number of hydrogen-bond donors (Lipinski definition) is 0. The second-order valence-corrected chi connectivity index (χ2v) is 3.95. The number of pyridine rings is 1. The zero-order valence-corrected chi connectivity index (χ0v) is 9.85. The van der Waals surface area contributed by atoms with Crippen molar-refractivity contribution in [2.24, 2.45) is 0 Å². The summed E-state index contributed by atoms with van der Waals surface area (Å²) in [5, 5.41) is 8.77. The minimum absolute atomic E-state index is 0.682. The van der Waals surface area contributed by atoms with Crippen LogP contribution in [0.3, 0.4) is 0 Å². The van der Waals surface area contributed by atoms with Gasteiger partial charge in [0.25, 0.3) is 0 Å². The fraction of sp³-hybridized carbons (Fsp3) is 0.200. The second-order valence-electron chi connectivity index (χ2n) is 3.95. The van der Waals surface area contributed by atoms with Crippen LogP contribution in [0.1, 0.15) is 24.5 Å². The van der Waals surface area contributed by atoms with Gasteiger partial charge >= 0.3 is 0 Å². The van der Waals surface area contributed by atoms with E-state index in [0.717, 1.165) is 24.1 Å². The van der Waals surface area contributed by atoms with E-state index in [0.29, 0.717) is 5.56 Å². The minimum Gasteiger partial charge on any atom is -0.256 e. The summed E-state index contributed by atoms with van der Waals surface area (Å²) < 4.78 is 0. The van der Waals surface area contributed by atoms with Crippen molar-refractivity contribution in [2.45, 2.75) is 19.8 Å². The van der Waals surface area contributed by atoms with Gasteiger partial charge in [0, 0.05) is 11.8 Å². The number of rotatable bonds is 3. The maximum Gasteiger partial charge on any atom is 0.0991 e. The molecule has 0 saturated heterocycles. The van der Waals surface area contributed by atoms with Gasteiger partial charge in [0.1, 0.15) is 0 Å². The van der Waals surface area contributed by atoms with E-state index in [9.17, 15) is 0 Å². The smallest absolute Gasteiger partial charge is 0.0991 e. The molecular formula is C15H14N2. The number of hydrogen-bond acceptors (Lipinski definition) is 2. The Morgan fingerprint density at radius 1 is 1.18 bits per heavy atom.